The maximum Gasteiger partial charge on any atom is 0.341 e. The van der Waals surface area contributed by atoms with Gasteiger partial charge in [-0.1, -0.05) is 11.8 Å². The van der Waals surface area contributed by atoms with Crippen molar-refractivity contribution in [3.63, 3.8) is 0 Å². The zero-order chi connectivity index (χ0) is 28.2. The highest BCUT2D eigenvalue weighted by Crippen LogP contribution is 2.40. The summed E-state index contributed by atoms with van der Waals surface area (Å²) in [5.74, 6) is 0.902. The molecule has 1 unspecified atom stereocenters. The number of rotatable bonds is 9. The third-order valence-electron chi connectivity index (χ3n) is 6.88. The van der Waals surface area contributed by atoms with Crippen molar-refractivity contribution in [2.75, 3.05) is 26.6 Å². The quantitative estimate of drug-likeness (QED) is 0.171. The van der Waals surface area contributed by atoms with E-state index in [1.165, 1.54) is 30.2 Å². The lowest BCUT2D eigenvalue weighted by Gasteiger charge is -2.12. The first-order chi connectivity index (χ1) is 19.4. The topological polar surface area (TPSA) is 103 Å². The number of benzene rings is 2. The van der Waals surface area contributed by atoms with E-state index in [-0.39, 0.29) is 5.91 Å². The Labute approximate surface area is 241 Å². The second-order valence-electron chi connectivity index (χ2n) is 9.38. The van der Waals surface area contributed by atoms with E-state index in [1.54, 1.807) is 14.2 Å². The maximum absolute atomic E-state index is 13.3. The van der Waals surface area contributed by atoms with Crippen molar-refractivity contribution >= 4 is 40.0 Å². The van der Waals surface area contributed by atoms with Crippen LogP contribution in [0.2, 0.25) is 0 Å². The van der Waals surface area contributed by atoms with Crippen molar-refractivity contribution in [3.8, 4) is 34.0 Å². The van der Waals surface area contributed by atoms with Crippen molar-refractivity contribution in [2.45, 2.75) is 43.0 Å². The molecule has 2 aromatic carbocycles. The number of aryl methyl sites for hydroxylation is 1. The predicted molar refractivity (Wildman–Crippen MR) is 159 cm³/mol. The Kier molecular flexibility index (Phi) is 8.46. The SMILES string of the molecule is COC(=O)c1c(NC(=O)C(C)Sc2nc(-c3ccc(OC)cc3)c(-c3ccc(OC)cc3)[nH]2)sc2c1CCCC2. The number of fused-ring (bicyclic) bond motifs is 1. The van der Waals surface area contributed by atoms with Crippen LogP contribution in [-0.2, 0) is 22.4 Å². The Morgan fingerprint density at radius 1 is 0.950 bits per heavy atom. The van der Waals surface area contributed by atoms with E-state index in [0.717, 1.165) is 70.1 Å². The van der Waals surface area contributed by atoms with Gasteiger partial charge in [0.1, 0.15) is 16.5 Å². The molecule has 1 aliphatic carbocycles. The molecule has 1 aliphatic rings. The van der Waals surface area contributed by atoms with Gasteiger partial charge in [-0.25, -0.2) is 9.78 Å². The van der Waals surface area contributed by atoms with E-state index in [1.807, 2.05) is 55.5 Å². The molecule has 0 radical (unpaired) electrons. The van der Waals surface area contributed by atoms with Crippen LogP contribution in [0.4, 0.5) is 5.00 Å². The number of carbonyl (C=O) groups excluding carboxylic acids is 2. The number of imidazole rings is 1. The van der Waals surface area contributed by atoms with Crippen LogP contribution in [-0.4, -0.2) is 48.4 Å². The fourth-order valence-corrected chi connectivity index (χ4v) is 6.82. The second-order valence-corrected chi connectivity index (χ2v) is 11.8. The van der Waals surface area contributed by atoms with Crippen LogP contribution in [0, 0.1) is 0 Å². The molecule has 5 rings (SSSR count). The highest BCUT2D eigenvalue weighted by atomic mass is 32.2. The van der Waals surface area contributed by atoms with E-state index in [9.17, 15) is 9.59 Å². The lowest BCUT2D eigenvalue weighted by Crippen LogP contribution is -2.23. The summed E-state index contributed by atoms with van der Waals surface area (Å²) in [7, 11) is 4.64. The van der Waals surface area contributed by atoms with Gasteiger partial charge < -0.3 is 24.5 Å². The molecule has 208 valence electrons. The fraction of sp³-hybridized carbons (Fsp3) is 0.300. The molecule has 0 aliphatic heterocycles. The maximum atomic E-state index is 13.3. The number of esters is 1. The zero-order valence-electron chi connectivity index (χ0n) is 22.8. The largest absolute Gasteiger partial charge is 0.497 e. The van der Waals surface area contributed by atoms with Crippen LogP contribution in [0.5, 0.6) is 11.5 Å². The van der Waals surface area contributed by atoms with Crippen molar-refractivity contribution in [3.05, 3.63) is 64.5 Å². The summed E-state index contributed by atoms with van der Waals surface area (Å²) in [5, 5.41) is 3.69. The number of methoxy groups -OCH3 is 3. The summed E-state index contributed by atoms with van der Waals surface area (Å²) < 4.78 is 15.7. The molecule has 10 heteroatoms. The molecule has 0 bridgehead atoms. The Hall–Kier alpha value is -3.76. The monoisotopic (exact) mass is 577 g/mol. The van der Waals surface area contributed by atoms with E-state index >= 15 is 0 Å². The lowest BCUT2D eigenvalue weighted by atomic mass is 9.95. The van der Waals surface area contributed by atoms with Gasteiger partial charge in [0.05, 0.1) is 43.5 Å². The Balaban J connectivity index is 1.41. The molecule has 8 nitrogen and oxygen atoms in total. The normalized spacial score (nSPS) is 13.3. The average Bonchev–Trinajstić information content (AvgIpc) is 3.58. The summed E-state index contributed by atoms with van der Waals surface area (Å²) in [4.78, 5) is 35.4. The number of anilines is 1. The molecule has 40 heavy (non-hydrogen) atoms. The van der Waals surface area contributed by atoms with Crippen LogP contribution in [0.1, 0.15) is 40.6 Å². The fourth-order valence-electron chi connectivity index (χ4n) is 4.74. The van der Waals surface area contributed by atoms with Crippen molar-refractivity contribution in [1.82, 2.24) is 9.97 Å². The van der Waals surface area contributed by atoms with Crippen molar-refractivity contribution in [2.24, 2.45) is 0 Å². The van der Waals surface area contributed by atoms with Gasteiger partial charge in [0.25, 0.3) is 0 Å². The first-order valence-electron chi connectivity index (χ1n) is 13.0. The number of carbonyl (C=O) groups is 2. The van der Waals surface area contributed by atoms with E-state index in [4.69, 9.17) is 19.2 Å². The van der Waals surface area contributed by atoms with Crippen LogP contribution >= 0.6 is 23.1 Å². The molecule has 1 amide bonds. The minimum atomic E-state index is -0.483. The van der Waals surface area contributed by atoms with Gasteiger partial charge in [0.2, 0.25) is 5.91 Å². The van der Waals surface area contributed by atoms with E-state index in [2.05, 4.69) is 10.3 Å². The minimum Gasteiger partial charge on any atom is -0.497 e. The van der Waals surface area contributed by atoms with Gasteiger partial charge in [-0.2, -0.15) is 0 Å². The molecule has 0 spiro atoms. The number of nitrogens with one attached hydrogen (secondary N) is 2. The first kappa shape index (κ1) is 27.8. The summed E-state index contributed by atoms with van der Waals surface area (Å²) in [5.41, 5.74) is 4.96. The molecule has 4 aromatic rings. The number of nitrogens with zero attached hydrogens (tertiary/aromatic N) is 1. The van der Waals surface area contributed by atoms with Crippen molar-refractivity contribution in [1.29, 1.82) is 0 Å². The lowest BCUT2D eigenvalue weighted by molar-refractivity contribution is -0.115. The van der Waals surface area contributed by atoms with E-state index < -0.39 is 11.2 Å². The molecule has 2 aromatic heterocycles. The first-order valence-corrected chi connectivity index (χ1v) is 14.7. The molecular formula is C30H31N3O5S2. The third kappa shape index (κ3) is 5.73. The van der Waals surface area contributed by atoms with Gasteiger partial charge in [0, 0.05) is 16.0 Å². The van der Waals surface area contributed by atoms with Gasteiger partial charge in [0.15, 0.2) is 5.16 Å². The number of ether oxygens (including phenoxy) is 3. The molecular weight excluding hydrogens is 546 g/mol. The van der Waals surface area contributed by atoms with Crippen molar-refractivity contribution < 1.29 is 23.8 Å². The van der Waals surface area contributed by atoms with Gasteiger partial charge in [-0.3, -0.25) is 4.79 Å². The van der Waals surface area contributed by atoms with Crippen LogP contribution in [0.15, 0.2) is 53.7 Å². The summed E-state index contributed by atoms with van der Waals surface area (Å²) >= 11 is 2.80. The number of amides is 1. The van der Waals surface area contributed by atoms with Crippen LogP contribution in [0.3, 0.4) is 0 Å². The van der Waals surface area contributed by atoms with Gasteiger partial charge >= 0.3 is 5.97 Å². The summed E-state index contributed by atoms with van der Waals surface area (Å²) in [6.45, 7) is 1.83. The number of thiophene rings is 1. The summed E-state index contributed by atoms with van der Waals surface area (Å²) in [6, 6.07) is 15.4. The molecule has 1 atom stereocenters. The van der Waals surface area contributed by atoms with E-state index in [0.29, 0.717) is 15.7 Å². The Morgan fingerprint density at radius 2 is 1.57 bits per heavy atom. The van der Waals surface area contributed by atoms with Gasteiger partial charge in [-0.15, -0.1) is 11.3 Å². The minimum absolute atomic E-state index is 0.206. The third-order valence-corrected chi connectivity index (χ3v) is 9.07. The number of aromatic nitrogens is 2. The standard InChI is InChI=1S/C30H31N3O5S2/c1-17(27(34)33-28-24(29(35)38-4)22-7-5-6-8-23(22)40-28)39-30-31-25(18-9-13-20(36-2)14-10-18)26(32-30)19-11-15-21(37-3)16-12-19/h9-17H,5-8H2,1-4H3,(H,31,32)(H,33,34). The summed E-state index contributed by atoms with van der Waals surface area (Å²) in [6.07, 6.45) is 3.85. The zero-order valence-corrected chi connectivity index (χ0v) is 24.5. The molecule has 2 heterocycles. The smallest absolute Gasteiger partial charge is 0.341 e. The average molecular weight is 578 g/mol. The number of hydrogen-bond acceptors (Lipinski definition) is 8. The molecule has 0 fully saturated rings. The highest BCUT2D eigenvalue weighted by Gasteiger charge is 2.28. The number of thioether (sulfide) groups is 1. The second kappa shape index (κ2) is 12.2. The number of H-pyrrole nitrogens is 1. The number of hydrogen-bond donors (Lipinski definition) is 2. The molecule has 0 saturated carbocycles. The molecule has 0 saturated heterocycles. The predicted octanol–water partition coefficient (Wildman–Crippen LogP) is 6.61. The number of aromatic amines is 1. The molecule has 2 N–H and O–H groups in total. The Morgan fingerprint density at radius 3 is 2.20 bits per heavy atom. The highest BCUT2D eigenvalue weighted by molar-refractivity contribution is 8.00. The van der Waals surface area contributed by atoms with Crippen LogP contribution in [0.25, 0.3) is 22.5 Å². The van der Waals surface area contributed by atoms with Gasteiger partial charge in [-0.05, 0) is 86.7 Å². The Bertz CT molecular complexity index is 1440. The van der Waals surface area contributed by atoms with Crippen LogP contribution < -0.4 is 14.8 Å².